The zero-order valence-electron chi connectivity index (χ0n) is 15.5. The number of hydrogen-bond donors (Lipinski definition) is 1. The zero-order chi connectivity index (χ0) is 21.5. The van der Waals surface area contributed by atoms with Gasteiger partial charge in [-0.3, -0.25) is 4.79 Å². The molecule has 0 aliphatic rings. The molecule has 3 aromatic carbocycles. The fourth-order valence-electron chi connectivity index (χ4n) is 2.57. The minimum Gasteiger partial charge on any atom is -0.488 e. The average Bonchev–Trinajstić information content (AvgIpc) is 2.72. The Hall–Kier alpha value is -2.70. The van der Waals surface area contributed by atoms with Gasteiger partial charge in [0.25, 0.3) is 5.91 Å². The third-order valence-corrected chi connectivity index (χ3v) is 5.39. The van der Waals surface area contributed by atoms with Crippen LogP contribution in [0.4, 0.5) is 10.1 Å². The van der Waals surface area contributed by atoms with Crippen LogP contribution >= 0.6 is 38.5 Å². The maximum absolute atomic E-state index is 13.7. The summed E-state index contributed by atoms with van der Waals surface area (Å²) in [5, 5.41) is 12.1. The van der Waals surface area contributed by atoms with Gasteiger partial charge in [0, 0.05) is 15.7 Å². The maximum Gasteiger partial charge on any atom is 0.266 e. The Labute approximate surface area is 195 Å². The van der Waals surface area contributed by atoms with E-state index in [4.69, 9.17) is 4.74 Å². The lowest BCUT2D eigenvalue weighted by Gasteiger charge is -2.10. The maximum atomic E-state index is 13.7. The first kappa shape index (κ1) is 22.0. The van der Waals surface area contributed by atoms with Crippen molar-refractivity contribution in [1.82, 2.24) is 0 Å². The monoisotopic (exact) mass is 576 g/mol. The molecule has 0 aliphatic heterocycles. The summed E-state index contributed by atoms with van der Waals surface area (Å²) in [6, 6.07) is 20.8. The normalized spacial score (nSPS) is 10.9. The second-order valence-electron chi connectivity index (χ2n) is 6.20. The molecule has 3 rings (SSSR count). The fourth-order valence-corrected chi connectivity index (χ4v) is 3.67. The molecule has 3 aromatic rings. The number of rotatable bonds is 6. The zero-order valence-corrected chi connectivity index (χ0v) is 19.3. The van der Waals surface area contributed by atoms with Crippen LogP contribution in [0.2, 0.25) is 0 Å². The van der Waals surface area contributed by atoms with E-state index in [9.17, 15) is 14.4 Å². The highest BCUT2D eigenvalue weighted by Gasteiger charge is 2.11. The summed E-state index contributed by atoms with van der Waals surface area (Å²) in [5.74, 6) is -0.222. The Balaban J connectivity index is 1.72. The van der Waals surface area contributed by atoms with E-state index in [2.05, 4.69) is 43.8 Å². The second kappa shape index (κ2) is 10.4. The number of benzene rings is 3. The molecule has 0 aliphatic carbocycles. The Morgan fingerprint density at radius 3 is 2.67 bits per heavy atom. The van der Waals surface area contributed by atoms with E-state index >= 15 is 0 Å². The minimum absolute atomic E-state index is 0.0224. The van der Waals surface area contributed by atoms with Crippen molar-refractivity contribution in [2.45, 2.75) is 6.61 Å². The van der Waals surface area contributed by atoms with Crippen molar-refractivity contribution >= 4 is 56.2 Å². The van der Waals surface area contributed by atoms with E-state index in [0.717, 1.165) is 8.04 Å². The number of carbonyl (C=O) groups excluding carboxylic acids is 1. The van der Waals surface area contributed by atoms with Crippen molar-refractivity contribution in [3.05, 3.63) is 97.3 Å². The first-order valence-electron chi connectivity index (χ1n) is 8.81. The molecule has 4 nitrogen and oxygen atoms in total. The summed E-state index contributed by atoms with van der Waals surface area (Å²) < 4.78 is 21.0. The summed E-state index contributed by atoms with van der Waals surface area (Å²) >= 11 is 5.44. The van der Waals surface area contributed by atoms with Crippen molar-refractivity contribution < 1.29 is 13.9 Å². The van der Waals surface area contributed by atoms with E-state index in [0.29, 0.717) is 22.6 Å². The summed E-state index contributed by atoms with van der Waals surface area (Å²) in [4.78, 5) is 12.4. The molecule has 0 unspecified atom stereocenters. The van der Waals surface area contributed by atoms with Crippen LogP contribution in [0.3, 0.4) is 0 Å². The van der Waals surface area contributed by atoms with E-state index < -0.39 is 5.91 Å². The highest BCUT2D eigenvalue weighted by Crippen LogP contribution is 2.25. The molecule has 0 heterocycles. The molecule has 7 heteroatoms. The predicted molar refractivity (Wildman–Crippen MR) is 126 cm³/mol. The van der Waals surface area contributed by atoms with E-state index in [1.165, 1.54) is 12.1 Å². The average molecular weight is 577 g/mol. The number of carbonyl (C=O) groups is 1. The van der Waals surface area contributed by atoms with Gasteiger partial charge >= 0.3 is 0 Å². The molecule has 0 aromatic heterocycles. The first-order valence-corrected chi connectivity index (χ1v) is 10.7. The van der Waals surface area contributed by atoms with Crippen LogP contribution < -0.4 is 10.1 Å². The third kappa shape index (κ3) is 5.90. The molecule has 1 N–H and O–H groups in total. The van der Waals surface area contributed by atoms with E-state index in [1.54, 1.807) is 54.6 Å². The molecular weight excluding hydrogens is 562 g/mol. The number of nitriles is 1. The van der Waals surface area contributed by atoms with Gasteiger partial charge in [-0.25, -0.2) is 4.39 Å². The van der Waals surface area contributed by atoms with Crippen LogP contribution in [-0.2, 0) is 11.4 Å². The summed E-state index contributed by atoms with van der Waals surface area (Å²) in [6.45, 7) is 0.107. The SMILES string of the molecule is N#C/C(=C/c1ccc(OCc2ccccc2F)c(I)c1)C(=O)Nc1cccc(Br)c1. The topological polar surface area (TPSA) is 62.1 Å². The molecular formula is C23H15BrFIN2O2. The highest BCUT2D eigenvalue weighted by molar-refractivity contribution is 14.1. The largest absolute Gasteiger partial charge is 0.488 e. The van der Waals surface area contributed by atoms with Crippen LogP contribution in [0.25, 0.3) is 6.08 Å². The summed E-state index contributed by atoms with van der Waals surface area (Å²) in [5.41, 5.74) is 1.71. The molecule has 0 atom stereocenters. The van der Waals surface area contributed by atoms with Crippen molar-refractivity contribution in [2.24, 2.45) is 0 Å². The molecule has 0 bridgehead atoms. The Morgan fingerprint density at radius 2 is 1.97 bits per heavy atom. The van der Waals surface area contributed by atoms with Crippen LogP contribution in [0.15, 0.2) is 76.8 Å². The lowest BCUT2D eigenvalue weighted by molar-refractivity contribution is -0.112. The quantitative estimate of drug-likeness (QED) is 0.212. The molecule has 0 saturated carbocycles. The second-order valence-corrected chi connectivity index (χ2v) is 8.28. The Kier molecular flexibility index (Phi) is 7.60. The van der Waals surface area contributed by atoms with Crippen LogP contribution in [0, 0.1) is 20.7 Å². The standard InChI is InChI=1S/C23H15BrFIN2O2/c24-18-5-3-6-19(12-18)28-23(29)17(13-27)10-15-8-9-22(21(26)11-15)30-14-16-4-1-2-7-20(16)25/h1-12H,14H2,(H,28,29)/b17-10-. The predicted octanol–water partition coefficient (Wildman–Crippen LogP) is 6.32. The number of nitrogens with zero attached hydrogens (tertiary/aromatic N) is 1. The highest BCUT2D eigenvalue weighted by atomic mass is 127. The van der Waals surface area contributed by atoms with Crippen molar-refractivity contribution in [1.29, 1.82) is 5.26 Å². The van der Waals surface area contributed by atoms with Gasteiger partial charge in [-0.2, -0.15) is 5.26 Å². The van der Waals surface area contributed by atoms with Crippen LogP contribution in [-0.4, -0.2) is 5.91 Å². The van der Waals surface area contributed by atoms with Crippen molar-refractivity contribution in [3.8, 4) is 11.8 Å². The van der Waals surface area contributed by atoms with Gasteiger partial charge < -0.3 is 10.1 Å². The van der Waals surface area contributed by atoms with E-state index in [1.807, 2.05) is 12.1 Å². The molecule has 150 valence electrons. The summed E-state index contributed by atoms with van der Waals surface area (Å²) in [6.07, 6.45) is 1.51. The number of hydrogen-bond acceptors (Lipinski definition) is 3. The number of anilines is 1. The number of ether oxygens (including phenoxy) is 1. The molecule has 0 fully saturated rings. The molecule has 30 heavy (non-hydrogen) atoms. The Bertz CT molecular complexity index is 1160. The number of amides is 1. The molecule has 0 radical (unpaired) electrons. The fraction of sp³-hybridized carbons (Fsp3) is 0.0435. The van der Waals surface area contributed by atoms with Crippen molar-refractivity contribution in [2.75, 3.05) is 5.32 Å². The van der Waals surface area contributed by atoms with Crippen LogP contribution in [0.1, 0.15) is 11.1 Å². The van der Waals surface area contributed by atoms with Gasteiger partial charge in [0.05, 0.1) is 3.57 Å². The van der Waals surface area contributed by atoms with Crippen molar-refractivity contribution in [3.63, 3.8) is 0 Å². The number of nitrogens with one attached hydrogen (secondary N) is 1. The van der Waals surface area contributed by atoms with Gasteiger partial charge in [-0.05, 0) is 70.6 Å². The number of halogens is 3. The lowest BCUT2D eigenvalue weighted by Crippen LogP contribution is -2.13. The minimum atomic E-state index is -0.495. The Morgan fingerprint density at radius 1 is 1.17 bits per heavy atom. The van der Waals surface area contributed by atoms with Crippen LogP contribution in [0.5, 0.6) is 5.75 Å². The molecule has 1 amide bonds. The summed E-state index contributed by atoms with van der Waals surface area (Å²) in [7, 11) is 0. The smallest absolute Gasteiger partial charge is 0.266 e. The van der Waals surface area contributed by atoms with Gasteiger partial charge in [0.2, 0.25) is 0 Å². The molecule has 0 saturated heterocycles. The van der Waals surface area contributed by atoms with Gasteiger partial charge in [0.15, 0.2) is 0 Å². The van der Waals surface area contributed by atoms with Gasteiger partial charge in [-0.15, -0.1) is 0 Å². The molecule has 0 spiro atoms. The third-order valence-electron chi connectivity index (χ3n) is 4.06. The lowest BCUT2D eigenvalue weighted by atomic mass is 10.1. The van der Waals surface area contributed by atoms with E-state index in [-0.39, 0.29) is 18.0 Å². The van der Waals surface area contributed by atoms with Gasteiger partial charge in [-0.1, -0.05) is 46.3 Å². The first-order chi connectivity index (χ1) is 14.5. The van der Waals surface area contributed by atoms with Gasteiger partial charge in [0.1, 0.15) is 29.8 Å².